The number of amides is 1. The second-order valence-electron chi connectivity index (χ2n) is 6.30. The Bertz CT molecular complexity index is 548. The van der Waals surface area contributed by atoms with Gasteiger partial charge in [-0.05, 0) is 36.6 Å². The minimum Gasteiger partial charge on any atom is -0.327 e. The third-order valence-electron chi connectivity index (χ3n) is 4.94. The molecule has 1 saturated heterocycles. The molecule has 1 aromatic heterocycles. The third kappa shape index (κ3) is 3.45. The maximum atomic E-state index is 12.2. The molecule has 3 rings (SSSR count). The van der Waals surface area contributed by atoms with Gasteiger partial charge < -0.3 is 10.2 Å². The van der Waals surface area contributed by atoms with Crippen LogP contribution in [-0.4, -0.2) is 25.5 Å². The molecule has 21 heavy (non-hydrogen) atoms. The first-order valence-corrected chi connectivity index (χ1v) is 8.75. The van der Waals surface area contributed by atoms with E-state index in [0.717, 1.165) is 24.9 Å². The van der Waals surface area contributed by atoms with Crippen molar-refractivity contribution < 1.29 is 9.69 Å². The van der Waals surface area contributed by atoms with Gasteiger partial charge in [-0.1, -0.05) is 12.8 Å². The molecule has 2 heterocycles. The number of nitriles is 1. The minimum atomic E-state index is 0.0400. The minimum absolute atomic E-state index is 0.0400. The monoisotopic (exact) mass is 304 g/mol. The van der Waals surface area contributed by atoms with E-state index in [4.69, 9.17) is 5.26 Å². The van der Waals surface area contributed by atoms with Crippen molar-refractivity contribution in [2.75, 3.05) is 25.0 Å². The average molecular weight is 304 g/mol. The zero-order valence-electron chi connectivity index (χ0n) is 12.2. The van der Waals surface area contributed by atoms with Gasteiger partial charge in [-0.3, -0.25) is 4.79 Å². The largest absolute Gasteiger partial charge is 0.327 e. The van der Waals surface area contributed by atoms with E-state index < -0.39 is 0 Å². The second-order valence-corrected chi connectivity index (χ2v) is 7.21. The van der Waals surface area contributed by atoms with Gasteiger partial charge in [0.05, 0.1) is 18.7 Å². The van der Waals surface area contributed by atoms with E-state index in [-0.39, 0.29) is 5.91 Å². The number of hydrogen-bond acceptors (Lipinski definition) is 3. The number of likely N-dealkylation sites (tertiary alicyclic amines) is 1. The van der Waals surface area contributed by atoms with Crippen molar-refractivity contribution in [2.45, 2.75) is 32.1 Å². The molecule has 2 fully saturated rings. The topological polar surface area (TPSA) is 57.3 Å². The molecule has 1 aliphatic carbocycles. The molecule has 0 aromatic carbocycles. The number of thiophene rings is 1. The van der Waals surface area contributed by atoms with E-state index >= 15 is 0 Å². The molecular formula is C16H22N3OS+. The van der Waals surface area contributed by atoms with Crippen LogP contribution in [0.5, 0.6) is 0 Å². The van der Waals surface area contributed by atoms with Gasteiger partial charge in [0.15, 0.2) is 6.54 Å². The summed E-state index contributed by atoms with van der Waals surface area (Å²) in [6.07, 6.45) is 6.77. The Morgan fingerprint density at radius 1 is 1.38 bits per heavy atom. The van der Waals surface area contributed by atoms with Crippen LogP contribution in [0.4, 0.5) is 5.00 Å². The molecule has 4 nitrogen and oxygen atoms in total. The van der Waals surface area contributed by atoms with Crippen LogP contribution in [0.1, 0.15) is 37.7 Å². The van der Waals surface area contributed by atoms with Crippen LogP contribution in [-0.2, 0) is 4.79 Å². The number of piperidine rings is 1. The SMILES string of the molecule is N#Cc1ccsc1NC(=O)C[NH+]1CC[C@H]2CCCC[C@@H]2C1. The molecule has 112 valence electrons. The number of carbonyl (C=O) groups excluding carboxylic acids is 1. The number of hydrogen-bond donors (Lipinski definition) is 2. The van der Waals surface area contributed by atoms with Crippen molar-refractivity contribution >= 4 is 22.2 Å². The van der Waals surface area contributed by atoms with Gasteiger partial charge in [-0.2, -0.15) is 5.26 Å². The number of rotatable bonds is 3. The van der Waals surface area contributed by atoms with Crippen molar-refractivity contribution in [1.29, 1.82) is 5.26 Å². The maximum absolute atomic E-state index is 12.2. The summed E-state index contributed by atoms with van der Waals surface area (Å²) in [4.78, 5) is 13.6. The van der Waals surface area contributed by atoms with Crippen LogP contribution in [0.2, 0.25) is 0 Å². The normalized spacial score (nSPS) is 28.4. The van der Waals surface area contributed by atoms with Gasteiger partial charge in [0.25, 0.3) is 5.91 Å². The fraction of sp³-hybridized carbons (Fsp3) is 0.625. The van der Waals surface area contributed by atoms with Crippen LogP contribution in [0, 0.1) is 23.2 Å². The molecule has 1 aromatic rings. The number of fused-ring (bicyclic) bond motifs is 1. The fourth-order valence-electron chi connectivity index (χ4n) is 3.85. The third-order valence-corrected chi connectivity index (χ3v) is 5.77. The summed E-state index contributed by atoms with van der Waals surface area (Å²) in [7, 11) is 0. The molecule has 3 atom stereocenters. The quantitative estimate of drug-likeness (QED) is 0.892. The standard InChI is InChI=1S/C16H21N3OS/c17-9-13-6-8-21-16(13)18-15(20)11-19-7-5-12-3-1-2-4-14(12)10-19/h6,8,12,14H,1-5,7,10-11H2,(H,18,20)/p+1/t12-,14-/m1/s1. The summed E-state index contributed by atoms with van der Waals surface area (Å²) in [6.45, 7) is 2.80. The highest BCUT2D eigenvalue weighted by atomic mass is 32.1. The number of nitrogens with one attached hydrogen (secondary N) is 2. The van der Waals surface area contributed by atoms with E-state index in [0.29, 0.717) is 17.1 Å². The summed E-state index contributed by atoms with van der Waals surface area (Å²) in [5, 5.41) is 14.4. The lowest BCUT2D eigenvalue weighted by Crippen LogP contribution is -3.15. The van der Waals surface area contributed by atoms with Gasteiger partial charge in [0.2, 0.25) is 0 Å². The molecule has 0 radical (unpaired) electrons. The van der Waals surface area contributed by atoms with Crippen LogP contribution < -0.4 is 10.2 Å². The van der Waals surface area contributed by atoms with Gasteiger partial charge in [-0.25, -0.2) is 0 Å². The predicted octanol–water partition coefficient (Wildman–Crippen LogP) is 1.65. The van der Waals surface area contributed by atoms with E-state index in [1.54, 1.807) is 6.07 Å². The predicted molar refractivity (Wildman–Crippen MR) is 83.3 cm³/mol. The summed E-state index contributed by atoms with van der Waals surface area (Å²) < 4.78 is 0. The lowest BCUT2D eigenvalue weighted by atomic mass is 9.75. The highest BCUT2D eigenvalue weighted by Crippen LogP contribution is 2.32. The molecule has 1 saturated carbocycles. The number of anilines is 1. The first-order chi connectivity index (χ1) is 10.3. The molecule has 2 aliphatic rings. The average Bonchev–Trinajstić information content (AvgIpc) is 2.94. The van der Waals surface area contributed by atoms with Crippen LogP contribution in [0.25, 0.3) is 0 Å². The molecule has 1 aliphatic heterocycles. The molecule has 1 amide bonds. The molecule has 0 spiro atoms. The van der Waals surface area contributed by atoms with E-state index in [1.165, 1.54) is 48.3 Å². The fourth-order valence-corrected chi connectivity index (χ4v) is 4.60. The van der Waals surface area contributed by atoms with E-state index in [1.807, 2.05) is 5.38 Å². The van der Waals surface area contributed by atoms with Crippen molar-refractivity contribution in [3.63, 3.8) is 0 Å². The first-order valence-electron chi connectivity index (χ1n) is 7.87. The van der Waals surface area contributed by atoms with Gasteiger partial charge in [0, 0.05) is 5.92 Å². The number of quaternary nitrogens is 1. The Morgan fingerprint density at radius 3 is 3.00 bits per heavy atom. The summed E-state index contributed by atoms with van der Waals surface area (Å²) >= 11 is 1.42. The van der Waals surface area contributed by atoms with Crippen LogP contribution in [0.3, 0.4) is 0 Å². The Labute approximate surface area is 129 Å². The Morgan fingerprint density at radius 2 is 2.19 bits per heavy atom. The van der Waals surface area contributed by atoms with Crippen molar-refractivity contribution in [3.8, 4) is 6.07 Å². The Balaban J connectivity index is 1.52. The first kappa shape index (κ1) is 14.6. The lowest BCUT2D eigenvalue weighted by Gasteiger charge is -2.38. The van der Waals surface area contributed by atoms with Crippen molar-refractivity contribution in [1.82, 2.24) is 0 Å². The highest BCUT2D eigenvalue weighted by Gasteiger charge is 2.34. The summed E-state index contributed by atoms with van der Waals surface area (Å²) in [5.41, 5.74) is 0.564. The molecule has 5 heteroatoms. The van der Waals surface area contributed by atoms with Crippen molar-refractivity contribution in [3.05, 3.63) is 17.0 Å². The van der Waals surface area contributed by atoms with Gasteiger partial charge in [-0.15, -0.1) is 11.3 Å². The Kier molecular flexibility index (Phi) is 4.57. The lowest BCUT2D eigenvalue weighted by molar-refractivity contribution is -0.902. The molecule has 0 bridgehead atoms. The summed E-state index contributed by atoms with van der Waals surface area (Å²) in [5.74, 6) is 1.78. The van der Waals surface area contributed by atoms with Crippen molar-refractivity contribution in [2.24, 2.45) is 11.8 Å². The smallest absolute Gasteiger partial charge is 0.280 e. The molecule has 2 N–H and O–H groups in total. The highest BCUT2D eigenvalue weighted by molar-refractivity contribution is 7.14. The number of nitrogens with zero attached hydrogens (tertiary/aromatic N) is 1. The summed E-state index contributed by atoms with van der Waals surface area (Å²) in [6, 6.07) is 3.86. The van der Waals surface area contributed by atoms with Gasteiger partial charge in [0.1, 0.15) is 11.1 Å². The van der Waals surface area contributed by atoms with Crippen LogP contribution >= 0.6 is 11.3 Å². The zero-order chi connectivity index (χ0) is 14.7. The Hall–Kier alpha value is -1.38. The second kappa shape index (κ2) is 6.59. The van der Waals surface area contributed by atoms with Gasteiger partial charge >= 0.3 is 0 Å². The molecular weight excluding hydrogens is 282 g/mol. The maximum Gasteiger partial charge on any atom is 0.280 e. The van der Waals surface area contributed by atoms with E-state index in [2.05, 4.69) is 11.4 Å². The number of carbonyl (C=O) groups is 1. The van der Waals surface area contributed by atoms with E-state index in [9.17, 15) is 4.79 Å². The van der Waals surface area contributed by atoms with Crippen LogP contribution in [0.15, 0.2) is 11.4 Å². The molecule has 1 unspecified atom stereocenters. The zero-order valence-corrected chi connectivity index (χ0v) is 13.0.